The molecule has 0 atom stereocenters. The Morgan fingerprint density at radius 2 is 2.00 bits per heavy atom. The normalized spacial score (nSPS) is 12.4. The van der Waals surface area contributed by atoms with Gasteiger partial charge in [0.25, 0.3) is 0 Å². The number of hydrogen-bond donors (Lipinski definition) is 0. The number of alkyl halides is 3. The van der Waals surface area contributed by atoms with Crippen LogP contribution in [0.4, 0.5) is 13.2 Å². The first-order valence-electron chi connectivity index (χ1n) is 5.71. The number of nitrogens with zero attached hydrogens (tertiary/aromatic N) is 2. The highest BCUT2D eigenvalue weighted by molar-refractivity contribution is 7.89. The summed E-state index contributed by atoms with van der Waals surface area (Å²) < 4.78 is 62.1. The monoisotopic (exact) mass is 306 g/mol. The third-order valence-corrected chi connectivity index (χ3v) is 4.27. The van der Waals surface area contributed by atoms with Crippen LogP contribution in [0.1, 0.15) is 18.1 Å². The van der Waals surface area contributed by atoms with E-state index in [0.717, 1.165) is 16.4 Å². The Morgan fingerprint density at radius 1 is 1.35 bits per heavy atom. The molecule has 0 radical (unpaired) electrons. The van der Waals surface area contributed by atoms with Gasteiger partial charge in [0.05, 0.1) is 11.6 Å². The van der Waals surface area contributed by atoms with Gasteiger partial charge in [0.1, 0.15) is 0 Å². The minimum Gasteiger partial charge on any atom is -0.211 e. The highest BCUT2D eigenvalue weighted by Crippen LogP contribution is 2.29. The van der Waals surface area contributed by atoms with Crippen molar-refractivity contribution in [3.8, 4) is 6.07 Å². The van der Waals surface area contributed by atoms with Gasteiger partial charge in [0.15, 0.2) is 5.75 Å². The molecule has 1 aromatic rings. The molecule has 1 rings (SSSR count). The fraction of sp³-hybridized carbons (Fsp3) is 0.417. The summed E-state index contributed by atoms with van der Waals surface area (Å²) in [7, 11) is -3.78. The van der Waals surface area contributed by atoms with E-state index in [9.17, 15) is 21.6 Å². The minimum atomic E-state index is -4.47. The quantitative estimate of drug-likeness (QED) is 0.839. The maximum Gasteiger partial charge on any atom is 0.416 e. The molecular weight excluding hydrogens is 293 g/mol. The molecule has 4 nitrogen and oxygen atoms in total. The SMILES string of the molecule is CCN(Cc1cccc(C(F)(F)F)c1)S(=O)(=O)CC#N. The number of hydrogen-bond acceptors (Lipinski definition) is 3. The predicted molar refractivity (Wildman–Crippen MR) is 66.9 cm³/mol. The van der Waals surface area contributed by atoms with Gasteiger partial charge in [-0.05, 0) is 11.6 Å². The third kappa shape index (κ3) is 4.21. The fourth-order valence-corrected chi connectivity index (χ4v) is 2.71. The first-order valence-corrected chi connectivity index (χ1v) is 7.32. The molecule has 0 bridgehead atoms. The third-order valence-electron chi connectivity index (χ3n) is 2.61. The summed E-state index contributed by atoms with van der Waals surface area (Å²) in [6.07, 6.45) is -4.47. The number of halogens is 3. The van der Waals surface area contributed by atoms with E-state index in [1.54, 1.807) is 6.92 Å². The second kappa shape index (κ2) is 6.24. The lowest BCUT2D eigenvalue weighted by molar-refractivity contribution is -0.137. The van der Waals surface area contributed by atoms with Gasteiger partial charge in [-0.3, -0.25) is 0 Å². The predicted octanol–water partition coefficient (Wildman–Crippen LogP) is 2.38. The highest BCUT2D eigenvalue weighted by Gasteiger charge is 2.30. The fourth-order valence-electron chi connectivity index (χ4n) is 1.63. The van der Waals surface area contributed by atoms with Crippen molar-refractivity contribution < 1.29 is 21.6 Å². The lowest BCUT2D eigenvalue weighted by Crippen LogP contribution is -2.32. The Bertz CT molecular complexity index is 606. The highest BCUT2D eigenvalue weighted by atomic mass is 32.2. The van der Waals surface area contributed by atoms with E-state index >= 15 is 0 Å². The molecule has 0 N–H and O–H groups in total. The molecule has 0 unspecified atom stereocenters. The molecular formula is C12H13F3N2O2S. The number of rotatable bonds is 5. The standard InChI is InChI=1S/C12H13F3N2O2S/c1-2-17(20(18,19)7-6-16)9-10-4-3-5-11(8-10)12(13,14)15/h3-5,8H,2,7,9H2,1H3. The van der Waals surface area contributed by atoms with Gasteiger partial charge in [-0.15, -0.1) is 0 Å². The molecule has 110 valence electrons. The molecule has 0 aliphatic heterocycles. The molecule has 0 amide bonds. The van der Waals surface area contributed by atoms with Crippen LogP contribution in [0.2, 0.25) is 0 Å². The zero-order chi connectivity index (χ0) is 15.4. The minimum absolute atomic E-state index is 0.0836. The van der Waals surface area contributed by atoms with Crippen molar-refractivity contribution in [1.29, 1.82) is 5.26 Å². The van der Waals surface area contributed by atoms with E-state index in [-0.39, 0.29) is 18.7 Å². The van der Waals surface area contributed by atoms with Crippen molar-refractivity contribution >= 4 is 10.0 Å². The summed E-state index contributed by atoms with van der Waals surface area (Å²) in [4.78, 5) is 0. The number of benzene rings is 1. The summed E-state index contributed by atoms with van der Waals surface area (Å²) in [5, 5.41) is 8.46. The summed E-state index contributed by atoms with van der Waals surface area (Å²) in [5.74, 6) is -0.695. The van der Waals surface area contributed by atoms with Gasteiger partial charge >= 0.3 is 6.18 Å². The second-order valence-electron chi connectivity index (χ2n) is 4.04. The topological polar surface area (TPSA) is 61.2 Å². The maximum absolute atomic E-state index is 12.6. The summed E-state index contributed by atoms with van der Waals surface area (Å²) in [5.41, 5.74) is -0.605. The smallest absolute Gasteiger partial charge is 0.211 e. The summed E-state index contributed by atoms with van der Waals surface area (Å²) in [6.45, 7) is 1.45. The molecule has 8 heteroatoms. The maximum atomic E-state index is 12.6. The second-order valence-corrected chi connectivity index (χ2v) is 6.01. The van der Waals surface area contributed by atoms with Crippen molar-refractivity contribution in [2.75, 3.05) is 12.3 Å². The van der Waals surface area contributed by atoms with E-state index < -0.39 is 27.5 Å². The van der Waals surface area contributed by atoms with Crippen LogP contribution in [0, 0.1) is 11.3 Å². The van der Waals surface area contributed by atoms with E-state index in [0.29, 0.717) is 0 Å². The van der Waals surface area contributed by atoms with E-state index in [1.165, 1.54) is 18.2 Å². The van der Waals surface area contributed by atoms with Crippen molar-refractivity contribution in [1.82, 2.24) is 4.31 Å². The molecule has 1 aromatic carbocycles. The molecule has 0 heterocycles. The van der Waals surface area contributed by atoms with E-state index in [2.05, 4.69) is 0 Å². The number of nitriles is 1. The molecule has 0 saturated heterocycles. The Morgan fingerprint density at radius 3 is 2.50 bits per heavy atom. The molecule has 0 aliphatic carbocycles. The van der Waals surface area contributed by atoms with Crippen LogP contribution in [0.25, 0.3) is 0 Å². The first-order chi connectivity index (χ1) is 9.20. The zero-order valence-electron chi connectivity index (χ0n) is 10.7. The largest absolute Gasteiger partial charge is 0.416 e. The van der Waals surface area contributed by atoms with E-state index in [1.807, 2.05) is 0 Å². The van der Waals surface area contributed by atoms with Crippen LogP contribution in [0.5, 0.6) is 0 Å². The Labute approximate surface area is 115 Å². The van der Waals surface area contributed by atoms with Crippen LogP contribution in [-0.2, 0) is 22.7 Å². The summed E-state index contributed by atoms with van der Waals surface area (Å²) in [6, 6.07) is 6.00. The van der Waals surface area contributed by atoms with Crippen LogP contribution in [0.3, 0.4) is 0 Å². The van der Waals surface area contributed by atoms with Gasteiger partial charge in [0.2, 0.25) is 10.0 Å². The van der Waals surface area contributed by atoms with Crippen molar-refractivity contribution in [2.45, 2.75) is 19.6 Å². The molecule has 0 aromatic heterocycles. The van der Waals surface area contributed by atoms with Crippen molar-refractivity contribution in [3.05, 3.63) is 35.4 Å². The van der Waals surface area contributed by atoms with Gasteiger partial charge in [0, 0.05) is 13.1 Å². The van der Waals surface area contributed by atoms with Crippen LogP contribution in [-0.4, -0.2) is 25.0 Å². The molecule has 0 aliphatic rings. The van der Waals surface area contributed by atoms with Gasteiger partial charge in [-0.25, -0.2) is 8.42 Å². The summed E-state index contributed by atoms with van der Waals surface area (Å²) >= 11 is 0. The van der Waals surface area contributed by atoms with Crippen LogP contribution >= 0.6 is 0 Å². The molecule has 0 fully saturated rings. The first kappa shape index (κ1) is 16.5. The Kier molecular flexibility index (Phi) is 5.14. The lowest BCUT2D eigenvalue weighted by atomic mass is 10.1. The average Bonchev–Trinajstić information content (AvgIpc) is 2.35. The van der Waals surface area contributed by atoms with Crippen LogP contribution in [0.15, 0.2) is 24.3 Å². The molecule has 20 heavy (non-hydrogen) atoms. The zero-order valence-corrected chi connectivity index (χ0v) is 11.5. The average molecular weight is 306 g/mol. The van der Waals surface area contributed by atoms with Gasteiger partial charge in [-0.1, -0.05) is 25.1 Å². The van der Waals surface area contributed by atoms with Crippen LogP contribution < -0.4 is 0 Å². The Hall–Kier alpha value is -1.59. The lowest BCUT2D eigenvalue weighted by Gasteiger charge is -2.19. The molecule has 0 saturated carbocycles. The van der Waals surface area contributed by atoms with E-state index in [4.69, 9.17) is 5.26 Å². The molecule has 0 spiro atoms. The van der Waals surface area contributed by atoms with Gasteiger partial charge in [-0.2, -0.15) is 22.7 Å². The van der Waals surface area contributed by atoms with Gasteiger partial charge < -0.3 is 0 Å². The van der Waals surface area contributed by atoms with Crippen molar-refractivity contribution in [3.63, 3.8) is 0 Å². The Balaban J connectivity index is 3.01. The number of sulfonamides is 1. The van der Waals surface area contributed by atoms with Crippen molar-refractivity contribution in [2.24, 2.45) is 0 Å².